The van der Waals surface area contributed by atoms with E-state index in [1.807, 2.05) is 6.92 Å². The first-order chi connectivity index (χ1) is 8.00. The predicted octanol–water partition coefficient (Wildman–Crippen LogP) is 1.42. The smallest absolute Gasteiger partial charge is 0.229 e. The molecule has 2 rings (SSSR count). The Labute approximate surface area is 104 Å². The Bertz CT molecular complexity index is 465. The maximum atomic E-state index is 11.7. The van der Waals surface area contributed by atoms with Crippen LogP contribution in [-0.4, -0.2) is 26.5 Å². The minimum absolute atomic E-state index is 0.124. The number of halogens is 1. The third-order valence-corrected chi connectivity index (χ3v) is 3.44. The molecule has 1 aromatic heterocycles. The summed E-state index contributed by atoms with van der Waals surface area (Å²) in [5.74, 6) is -0.249. The summed E-state index contributed by atoms with van der Waals surface area (Å²) >= 11 is 6.08. The van der Waals surface area contributed by atoms with Crippen molar-refractivity contribution in [2.24, 2.45) is 7.05 Å². The van der Waals surface area contributed by atoms with E-state index in [4.69, 9.17) is 11.6 Å². The van der Waals surface area contributed by atoms with Gasteiger partial charge in [0.2, 0.25) is 11.8 Å². The second-order valence-corrected chi connectivity index (χ2v) is 4.56. The fourth-order valence-electron chi connectivity index (χ4n) is 1.99. The molecule has 0 unspecified atom stereocenters. The molecular weight excluding hydrogens is 242 g/mol. The zero-order valence-corrected chi connectivity index (χ0v) is 10.6. The van der Waals surface area contributed by atoms with Crippen molar-refractivity contribution < 1.29 is 9.59 Å². The zero-order valence-electron chi connectivity index (χ0n) is 9.86. The van der Waals surface area contributed by atoms with Crippen LogP contribution in [0.3, 0.4) is 0 Å². The van der Waals surface area contributed by atoms with Crippen molar-refractivity contribution in [3.8, 4) is 0 Å². The van der Waals surface area contributed by atoms with Crippen LogP contribution < -0.4 is 0 Å². The largest absolute Gasteiger partial charge is 0.278 e. The van der Waals surface area contributed by atoms with Crippen LogP contribution in [0.15, 0.2) is 0 Å². The summed E-state index contributed by atoms with van der Waals surface area (Å²) in [4.78, 5) is 24.6. The van der Waals surface area contributed by atoms with Gasteiger partial charge in [-0.25, -0.2) is 0 Å². The number of piperidine rings is 1. The zero-order chi connectivity index (χ0) is 12.6. The Morgan fingerprint density at radius 1 is 1.29 bits per heavy atom. The SMILES string of the molecule is Cc1nn(C)c(Cl)c1CN1C(=O)CCCC1=O. The van der Waals surface area contributed by atoms with Crippen molar-refractivity contribution in [2.45, 2.75) is 32.7 Å². The van der Waals surface area contributed by atoms with E-state index >= 15 is 0 Å². The first-order valence-corrected chi connectivity index (χ1v) is 5.89. The molecule has 0 saturated carbocycles. The van der Waals surface area contributed by atoms with Gasteiger partial charge < -0.3 is 0 Å². The highest BCUT2D eigenvalue weighted by Crippen LogP contribution is 2.23. The molecule has 17 heavy (non-hydrogen) atoms. The molecule has 6 heteroatoms. The van der Waals surface area contributed by atoms with Crippen LogP contribution in [0.25, 0.3) is 0 Å². The fourth-order valence-corrected chi connectivity index (χ4v) is 2.22. The predicted molar refractivity (Wildman–Crippen MR) is 62.4 cm³/mol. The highest BCUT2D eigenvalue weighted by atomic mass is 35.5. The molecule has 0 atom stereocenters. The number of carbonyl (C=O) groups is 2. The Balaban J connectivity index is 2.25. The number of carbonyl (C=O) groups excluding carboxylic acids is 2. The lowest BCUT2D eigenvalue weighted by Crippen LogP contribution is -2.39. The number of hydrogen-bond acceptors (Lipinski definition) is 3. The van der Waals surface area contributed by atoms with E-state index < -0.39 is 0 Å². The number of aryl methyl sites for hydroxylation is 2. The molecule has 5 nitrogen and oxygen atoms in total. The minimum Gasteiger partial charge on any atom is -0.278 e. The maximum Gasteiger partial charge on any atom is 0.229 e. The van der Waals surface area contributed by atoms with Gasteiger partial charge in [0.25, 0.3) is 0 Å². The summed E-state index contributed by atoms with van der Waals surface area (Å²) in [6.45, 7) is 2.05. The van der Waals surface area contributed by atoms with Crippen molar-refractivity contribution in [1.82, 2.24) is 14.7 Å². The second-order valence-electron chi connectivity index (χ2n) is 4.21. The molecule has 0 N–H and O–H groups in total. The molecule has 1 saturated heterocycles. The Hall–Kier alpha value is -1.36. The van der Waals surface area contributed by atoms with Crippen molar-refractivity contribution >= 4 is 23.4 Å². The van der Waals surface area contributed by atoms with Gasteiger partial charge >= 0.3 is 0 Å². The van der Waals surface area contributed by atoms with Crippen LogP contribution in [0.4, 0.5) is 0 Å². The molecule has 0 bridgehead atoms. The van der Waals surface area contributed by atoms with Crippen molar-refractivity contribution in [2.75, 3.05) is 0 Å². The van der Waals surface area contributed by atoms with E-state index in [9.17, 15) is 9.59 Å². The summed E-state index contributed by atoms with van der Waals surface area (Å²) in [7, 11) is 1.73. The van der Waals surface area contributed by atoms with E-state index in [1.54, 1.807) is 11.7 Å². The number of likely N-dealkylation sites (tertiary alicyclic amines) is 1. The highest BCUT2D eigenvalue weighted by Gasteiger charge is 2.27. The van der Waals surface area contributed by atoms with Gasteiger partial charge in [-0.05, 0) is 13.3 Å². The van der Waals surface area contributed by atoms with Gasteiger partial charge in [-0.1, -0.05) is 11.6 Å². The molecule has 2 amide bonds. The van der Waals surface area contributed by atoms with Gasteiger partial charge in [-0.15, -0.1) is 0 Å². The van der Waals surface area contributed by atoms with E-state index in [0.717, 1.165) is 11.3 Å². The standard InChI is InChI=1S/C11H14ClN3O2/c1-7-8(11(12)14(2)13-7)6-15-9(16)4-3-5-10(15)17/h3-6H2,1-2H3. The van der Waals surface area contributed by atoms with Crippen LogP contribution in [0.5, 0.6) is 0 Å². The van der Waals surface area contributed by atoms with E-state index in [-0.39, 0.29) is 18.4 Å². The third kappa shape index (κ3) is 2.20. The number of hydrogen-bond donors (Lipinski definition) is 0. The van der Waals surface area contributed by atoms with Crippen molar-refractivity contribution in [3.63, 3.8) is 0 Å². The van der Waals surface area contributed by atoms with Gasteiger partial charge in [-0.3, -0.25) is 19.2 Å². The summed E-state index contributed by atoms with van der Waals surface area (Å²) in [6, 6.07) is 0. The average Bonchev–Trinajstić information content (AvgIpc) is 2.49. The van der Waals surface area contributed by atoms with Gasteiger partial charge in [-0.2, -0.15) is 5.10 Å². The lowest BCUT2D eigenvalue weighted by atomic mass is 10.1. The van der Waals surface area contributed by atoms with Gasteiger partial charge in [0, 0.05) is 25.5 Å². The fraction of sp³-hybridized carbons (Fsp3) is 0.545. The average molecular weight is 256 g/mol. The lowest BCUT2D eigenvalue weighted by molar-refractivity contribution is -0.148. The summed E-state index contributed by atoms with van der Waals surface area (Å²) < 4.78 is 1.55. The lowest BCUT2D eigenvalue weighted by Gasteiger charge is -2.24. The molecule has 0 radical (unpaired) electrons. The Morgan fingerprint density at radius 3 is 2.35 bits per heavy atom. The highest BCUT2D eigenvalue weighted by molar-refractivity contribution is 6.30. The quantitative estimate of drug-likeness (QED) is 0.751. The summed E-state index contributed by atoms with van der Waals surface area (Å²) in [5, 5.41) is 4.64. The molecule has 92 valence electrons. The van der Waals surface area contributed by atoms with Gasteiger partial charge in [0.15, 0.2) is 0 Å². The summed E-state index contributed by atoms with van der Waals surface area (Å²) in [5.41, 5.74) is 1.50. The third-order valence-electron chi connectivity index (χ3n) is 2.97. The maximum absolute atomic E-state index is 11.7. The second kappa shape index (κ2) is 4.49. The topological polar surface area (TPSA) is 55.2 Å². The van der Waals surface area contributed by atoms with Crippen LogP contribution in [0.1, 0.15) is 30.5 Å². The van der Waals surface area contributed by atoms with Crippen LogP contribution in [-0.2, 0) is 23.2 Å². The first kappa shape index (κ1) is 12.1. The van der Waals surface area contributed by atoms with Crippen LogP contribution in [0, 0.1) is 6.92 Å². The van der Waals surface area contributed by atoms with E-state index in [2.05, 4.69) is 5.10 Å². The monoisotopic (exact) mass is 255 g/mol. The van der Waals surface area contributed by atoms with Gasteiger partial charge in [0.1, 0.15) is 5.15 Å². The molecular formula is C11H14ClN3O2. The molecule has 1 aliphatic rings. The molecule has 0 spiro atoms. The van der Waals surface area contributed by atoms with Crippen LogP contribution >= 0.6 is 11.6 Å². The molecule has 0 aromatic carbocycles. The van der Waals surface area contributed by atoms with Crippen molar-refractivity contribution in [1.29, 1.82) is 0 Å². The summed E-state index contributed by atoms with van der Waals surface area (Å²) in [6.07, 6.45) is 1.51. The van der Waals surface area contributed by atoms with Gasteiger partial charge in [0.05, 0.1) is 12.2 Å². The molecule has 1 aliphatic heterocycles. The first-order valence-electron chi connectivity index (χ1n) is 5.52. The number of rotatable bonds is 2. The molecule has 1 aromatic rings. The molecule has 0 aliphatic carbocycles. The van der Waals surface area contributed by atoms with E-state index in [1.165, 1.54) is 4.90 Å². The number of aromatic nitrogens is 2. The Kier molecular flexibility index (Phi) is 3.19. The number of amides is 2. The minimum atomic E-state index is -0.124. The number of imide groups is 1. The van der Waals surface area contributed by atoms with E-state index in [0.29, 0.717) is 24.4 Å². The Morgan fingerprint density at radius 2 is 1.88 bits per heavy atom. The normalized spacial score (nSPS) is 16.8. The van der Waals surface area contributed by atoms with Crippen molar-refractivity contribution in [3.05, 3.63) is 16.4 Å². The number of nitrogens with zero attached hydrogens (tertiary/aromatic N) is 3. The van der Waals surface area contributed by atoms with Crippen LogP contribution in [0.2, 0.25) is 5.15 Å². The molecule has 2 heterocycles. The molecule has 1 fully saturated rings.